The zero-order chi connectivity index (χ0) is 26.2. The predicted molar refractivity (Wildman–Crippen MR) is 150 cm³/mol. The molecular formula is C33H28N2O4. The van der Waals surface area contributed by atoms with Gasteiger partial charge in [-0.3, -0.25) is 4.79 Å². The van der Waals surface area contributed by atoms with Crippen molar-refractivity contribution in [3.05, 3.63) is 125 Å². The normalized spacial score (nSPS) is 19.3. The topological polar surface area (TPSA) is 68.8 Å². The van der Waals surface area contributed by atoms with Crippen LogP contribution in [-0.2, 0) is 11.4 Å². The number of benzene rings is 4. The molecule has 6 heteroatoms. The van der Waals surface area contributed by atoms with Crippen LogP contribution < -0.4 is 24.8 Å². The van der Waals surface area contributed by atoms with Crippen molar-refractivity contribution < 1.29 is 19.0 Å². The number of hydrogen-bond donors (Lipinski definition) is 2. The second kappa shape index (κ2) is 9.87. The number of Topliss-reactive ketones (excluding diaryl/α,β-unsaturated/α-hetero) is 1. The summed E-state index contributed by atoms with van der Waals surface area (Å²) in [5, 5.41) is 7.30. The lowest BCUT2D eigenvalue weighted by Gasteiger charge is -2.30. The Morgan fingerprint density at radius 2 is 1.56 bits per heavy atom. The molecule has 4 aromatic rings. The Bertz CT molecular complexity index is 1580. The number of hydrogen-bond acceptors (Lipinski definition) is 6. The van der Waals surface area contributed by atoms with Crippen LogP contribution >= 0.6 is 0 Å². The maximum absolute atomic E-state index is 14.0. The van der Waals surface area contributed by atoms with Crippen LogP contribution in [0.2, 0.25) is 0 Å². The lowest BCUT2D eigenvalue weighted by atomic mass is 9.78. The van der Waals surface area contributed by atoms with Crippen LogP contribution in [0.5, 0.6) is 17.2 Å². The number of ether oxygens (including phenoxy) is 3. The van der Waals surface area contributed by atoms with E-state index in [1.165, 1.54) is 0 Å². The highest BCUT2D eigenvalue weighted by molar-refractivity contribution is 6.01. The number of allylic oxidation sites excluding steroid dienone is 1. The number of carbonyl (C=O) groups excluding carboxylic acids is 1. The average Bonchev–Trinajstić information content (AvgIpc) is 3.38. The number of para-hydroxylation sites is 3. The molecule has 0 bridgehead atoms. The Balaban J connectivity index is 1.27. The second-order valence-corrected chi connectivity index (χ2v) is 10.1. The molecular weight excluding hydrogens is 488 g/mol. The van der Waals surface area contributed by atoms with E-state index in [4.69, 9.17) is 14.2 Å². The van der Waals surface area contributed by atoms with E-state index >= 15 is 0 Å². The minimum absolute atomic E-state index is 0.0359. The van der Waals surface area contributed by atoms with Crippen molar-refractivity contribution in [1.29, 1.82) is 0 Å². The molecule has 2 N–H and O–H groups in total. The Kier molecular flexibility index (Phi) is 5.93. The molecule has 2 unspecified atom stereocenters. The van der Waals surface area contributed by atoms with Crippen molar-refractivity contribution in [2.24, 2.45) is 0 Å². The number of fused-ring (bicyclic) bond motifs is 2. The number of rotatable bonds is 5. The lowest BCUT2D eigenvalue weighted by Crippen LogP contribution is -2.27. The molecule has 0 fully saturated rings. The first-order chi connectivity index (χ1) is 19.2. The molecule has 3 aliphatic rings. The van der Waals surface area contributed by atoms with Gasteiger partial charge in [0, 0.05) is 23.3 Å². The standard InChI is InChI=1S/C33H28N2O4/c36-28-17-23(22-14-15-30-31(18-22)39-20-38-30)16-27-32(28)33(35-26-12-6-5-11-25(26)34-27)24-10-4-7-13-29(24)37-19-21-8-2-1-3-9-21/h1-15,18,23,33-35H,16-17,19-20H2. The zero-order valence-corrected chi connectivity index (χ0v) is 21.4. The van der Waals surface area contributed by atoms with Crippen molar-refractivity contribution in [1.82, 2.24) is 0 Å². The first-order valence-electron chi connectivity index (χ1n) is 13.3. The van der Waals surface area contributed by atoms with Gasteiger partial charge in [-0.2, -0.15) is 0 Å². The van der Waals surface area contributed by atoms with Crippen LogP contribution in [0.3, 0.4) is 0 Å². The number of anilines is 2. The fraction of sp³-hybridized carbons (Fsp3) is 0.182. The van der Waals surface area contributed by atoms with Crippen LogP contribution in [0, 0.1) is 0 Å². The van der Waals surface area contributed by atoms with Gasteiger partial charge < -0.3 is 24.8 Å². The predicted octanol–water partition coefficient (Wildman–Crippen LogP) is 6.97. The van der Waals surface area contributed by atoms with Crippen molar-refractivity contribution in [3.8, 4) is 17.2 Å². The van der Waals surface area contributed by atoms with Gasteiger partial charge in [0.05, 0.1) is 17.4 Å². The van der Waals surface area contributed by atoms with Gasteiger partial charge in [0.2, 0.25) is 6.79 Å². The van der Waals surface area contributed by atoms with Gasteiger partial charge in [-0.25, -0.2) is 0 Å². The Hall–Kier alpha value is -4.71. The molecule has 2 heterocycles. The smallest absolute Gasteiger partial charge is 0.231 e. The molecule has 0 radical (unpaired) electrons. The van der Waals surface area contributed by atoms with Gasteiger partial charge in [0.15, 0.2) is 17.3 Å². The number of carbonyl (C=O) groups is 1. The summed E-state index contributed by atoms with van der Waals surface area (Å²) < 4.78 is 17.4. The first-order valence-corrected chi connectivity index (χ1v) is 13.3. The highest BCUT2D eigenvalue weighted by Crippen LogP contribution is 2.47. The molecule has 194 valence electrons. The van der Waals surface area contributed by atoms with Gasteiger partial charge >= 0.3 is 0 Å². The fourth-order valence-corrected chi connectivity index (χ4v) is 5.71. The SMILES string of the molecule is O=C1CC(c2ccc3c(c2)OCO3)CC2=C1C(c1ccccc1OCc1ccccc1)Nc1ccccc1N2. The molecule has 0 amide bonds. The van der Waals surface area contributed by atoms with Crippen molar-refractivity contribution in [3.63, 3.8) is 0 Å². The van der Waals surface area contributed by atoms with Gasteiger partial charge in [0.1, 0.15) is 12.4 Å². The van der Waals surface area contributed by atoms with E-state index in [-0.39, 0.29) is 24.5 Å². The van der Waals surface area contributed by atoms with E-state index in [0.717, 1.165) is 56.6 Å². The molecule has 0 saturated heterocycles. The molecule has 7 rings (SSSR count). The minimum Gasteiger partial charge on any atom is -0.489 e. The van der Waals surface area contributed by atoms with Crippen molar-refractivity contribution in [2.75, 3.05) is 17.4 Å². The molecule has 6 nitrogen and oxygen atoms in total. The summed E-state index contributed by atoms with van der Waals surface area (Å²) in [5.74, 6) is 2.40. The quantitative estimate of drug-likeness (QED) is 0.298. The Labute approximate surface area is 227 Å². The molecule has 39 heavy (non-hydrogen) atoms. The van der Waals surface area contributed by atoms with Crippen LogP contribution in [0.4, 0.5) is 11.4 Å². The van der Waals surface area contributed by atoms with E-state index in [2.05, 4.69) is 10.6 Å². The molecule has 2 atom stereocenters. The zero-order valence-electron chi connectivity index (χ0n) is 21.4. The molecule has 0 aromatic heterocycles. The third-order valence-electron chi connectivity index (χ3n) is 7.64. The summed E-state index contributed by atoms with van der Waals surface area (Å²) in [6.45, 7) is 0.681. The minimum atomic E-state index is -0.353. The van der Waals surface area contributed by atoms with Gasteiger partial charge in [0.25, 0.3) is 0 Å². The maximum Gasteiger partial charge on any atom is 0.231 e. The van der Waals surface area contributed by atoms with Crippen LogP contribution in [-0.4, -0.2) is 12.6 Å². The van der Waals surface area contributed by atoms with Gasteiger partial charge in [-0.15, -0.1) is 0 Å². The molecule has 0 spiro atoms. The molecule has 2 aliphatic heterocycles. The average molecular weight is 517 g/mol. The van der Waals surface area contributed by atoms with E-state index in [1.54, 1.807) is 0 Å². The summed E-state index contributed by atoms with van der Waals surface area (Å²) in [6.07, 6.45) is 1.13. The fourth-order valence-electron chi connectivity index (χ4n) is 5.71. The third-order valence-corrected chi connectivity index (χ3v) is 7.64. The first kappa shape index (κ1) is 23.4. The lowest BCUT2D eigenvalue weighted by molar-refractivity contribution is -0.116. The summed E-state index contributed by atoms with van der Waals surface area (Å²) >= 11 is 0. The summed E-state index contributed by atoms with van der Waals surface area (Å²) in [7, 11) is 0. The monoisotopic (exact) mass is 516 g/mol. The van der Waals surface area contributed by atoms with Gasteiger partial charge in [-0.05, 0) is 53.8 Å². The Morgan fingerprint density at radius 1 is 0.795 bits per heavy atom. The van der Waals surface area contributed by atoms with Crippen LogP contribution in [0.25, 0.3) is 0 Å². The second-order valence-electron chi connectivity index (χ2n) is 10.1. The maximum atomic E-state index is 14.0. The Morgan fingerprint density at radius 3 is 2.46 bits per heavy atom. The van der Waals surface area contributed by atoms with E-state index in [0.29, 0.717) is 19.4 Å². The van der Waals surface area contributed by atoms with Crippen molar-refractivity contribution >= 4 is 17.2 Å². The van der Waals surface area contributed by atoms with Crippen LogP contribution in [0.1, 0.15) is 41.5 Å². The molecule has 1 aliphatic carbocycles. The van der Waals surface area contributed by atoms with Gasteiger partial charge in [-0.1, -0.05) is 66.7 Å². The van der Waals surface area contributed by atoms with E-state index < -0.39 is 0 Å². The summed E-state index contributed by atoms with van der Waals surface area (Å²) in [5.41, 5.74) is 6.71. The molecule has 4 aromatic carbocycles. The van der Waals surface area contributed by atoms with E-state index in [1.807, 2.05) is 97.1 Å². The summed E-state index contributed by atoms with van der Waals surface area (Å²) in [6, 6.07) is 31.9. The highest BCUT2D eigenvalue weighted by Gasteiger charge is 2.37. The highest BCUT2D eigenvalue weighted by atomic mass is 16.7. The molecule has 0 saturated carbocycles. The van der Waals surface area contributed by atoms with Crippen LogP contribution in [0.15, 0.2) is 108 Å². The summed E-state index contributed by atoms with van der Waals surface area (Å²) in [4.78, 5) is 14.0. The largest absolute Gasteiger partial charge is 0.489 e. The third kappa shape index (κ3) is 4.48. The number of nitrogens with one attached hydrogen (secondary N) is 2. The van der Waals surface area contributed by atoms with E-state index in [9.17, 15) is 4.79 Å². The number of ketones is 1. The van der Waals surface area contributed by atoms with Crippen molar-refractivity contribution in [2.45, 2.75) is 31.4 Å².